The number of nitrogens with one attached hydrogen (secondary N) is 1. The van der Waals surface area contributed by atoms with Crippen LogP contribution in [0.3, 0.4) is 0 Å². The molecule has 0 aliphatic carbocycles. The van der Waals surface area contributed by atoms with Gasteiger partial charge < -0.3 is 5.32 Å². The minimum Gasteiger partial charge on any atom is -0.366 e. The molecule has 3 rings (SSSR count). The lowest BCUT2D eigenvalue weighted by Crippen LogP contribution is -2.20. The van der Waals surface area contributed by atoms with Crippen molar-refractivity contribution in [3.63, 3.8) is 0 Å². The van der Waals surface area contributed by atoms with E-state index in [1.54, 1.807) is 6.34 Å². The molecule has 2 nitrogen and oxygen atoms in total. The zero-order valence-corrected chi connectivity index (χ0v) is 9.95. The number of aliphatic imine (C=N–C) groups is 1. The molecule has 1 aliphatic rings. The molecule has 2 aromatic carbocycles. The van der Waals surface area contributed by atoms with E-state index in [9.17, 15) is 0 Å². The summed E-state index contributed by atoms with van der Waals surface area (Å²) in [5.41, 5.74) is 3.41. The monoisotopic (exact) mass is 234 g/mol. The van der Waals surface area contributed by atoms with Crippen molar-refractivity contribution in [3.05, 3.63) is 77.9 Å². The second kappa shape index (κ2) is 4.88. The number of hydrogen-bond donors (Lipinski definition) is 1. The molecule has 0 fully saturated rings. The minimum absolute atomic E-state index is 0.193. The molecule has 0 aromatic heterocycles. The van der Waals surface area contributed by atoms with Crippen molar-refractivity contribution in [2.75, 3.05) is 0 Å². The summed E-state index contributed by atoms with van der Waals surface area (Å²) >= 11 is 0. The quantitative estimate of drug-likeness (QED) is 0.846. The zero-order valence-electron chi connectivity index (χ0n) is 9.95. The van der Waals surface area contributed by atoms with Crippen LogP contribution in [0.4, 0.5) is 0 Å². The molecule has 18 heavy (non-hydrogen) atoms. The van der Waals surface area contributed by atoms with Crippen LogP contribution in [0.25, 0.3) is 5.70 Å². The molecular weight excluding hydrogens is 220 g/mol. The third-order valence-electron chi connectivity index (χ3n) is 3.01. The van der Waals surface area contributed by atoms with Gasteiger partial charge in [0.05, 0.1) is 18.1 Å². The minimum atomic E-state index is 0.193. The molecular formula is C16H14N2. The summed E-state index contributed by atoms with van der Waals surface area (Å²) in [6.45, 7) is 0. The second-order valence-electron chi connectivity index (χ2n) is 4.23. The maximum atomic E-state index is 4.40. The van der Waals surface area contributed by atoms with Gasteiger partial charge in [-0.3, -0.25) is 0 Å². The van der Waals surface area contributed by atoms with Gasteiger partial charge in [0.15, 0.2) is 0 Å². The van der Waals surface area contributed by atoms with Gasteiger partial charge >= 0.3 is 0 Å². The van der Waals surface area contributed by atoms with E-state index in [-0.39, 0.29) is 6.04 Å². The van der Waals surface area contributed by atoms with Gasteiger partial charge in [-0.1, -0.05) is 60.7 Å². The third kappa shape index (κ3) is 2.18. The molecule has 1 N–H and O–H groups in total. The first-order valence-electron chi connectivity index (χ1n) is 6.04. The molecule has 1 aliphatic heterocycles. The van der Waals surface area contributed by atoms with Crippen molar-refractivity contribution in [3.8, 4) is 0 Å². The van der Waals surface area contributed by atoms with Crippen LogP contribution in [-0.2, 0) is 0 Å². The van der Waals surface area contributed by atoms with Gasteiger partial charge in [-0.05, 0) is 17.2 Å². The van der Waals surface area contributed by atoms with Crippen molar-refractivity contribution >= 4 is 12.0 Å². The fourth-order valence-corrected chi connectivity index (χ4v) is 2.07. The molecule has 0 saturated heterocycles. The molecule has 88 valence electrons. The van der Waals surface area contributed by atoms with Gasteiger partial charge in [-0.15, -0.1) is 0 Å². The van der Waals surface area contributed by atoms with Crippen LogP contribution in [0.5, 0.6) is 0 Å². The smallest absolute Gasteiger partial charge is 0.0893 e. The Morgan fingerprint density at radius 3 is 2.22 bits per heavy atom. The number of nitrogens with zero attached hydrogens (tertiary/aromatic N) is 1. The Morgan fingerprint density at radius 2 is 1.50 bits per heavy atom. The fraction of sp³-hybridized carbons (Fsp3) is 0.0625. The van der Waals surface area contributed by atoms with E-state index in [1.165, 1.54) is 5.56 Å². The van der Waals surface area contributed by atoms with Crippen LogP contribution in [0.15, 0.2) is 71.7 Å². The highest BCUT2D eigenvalue weighted by Crippen LogP contribution is 2.24. The summed E-state index contributed by atoms with van der Waals surface area (Å²) in [7, 11) is 0. The molecule has 0 bridgehead atoms. The highest BCUT2D eigenvalue weighted by molar-refractivity contribution is 5.76. The Kier molecular flexibility index (Phi) is 2.92. The average Bonchev–Trinajstić information content (AvgIpc) is 2.49. The first-order valence-corrected chi connectivity index (χ1v) is 6.04. The Hall–Kier alpha value is -2.35. The number of rotatable bonds is 2. The van der Waals surface area contributed by atoms with Crippen LogP contribution in [0.2, 0.25) is 0 Å². The third-order valence-corrected chi connectivity index (χ3v) is 3.01. The summed E-state index contributed by atoms with van der Waals surface area (Å²) in [6, 6.07) is 20.8. The normalized spacial score (nSPS) is 18.0. The highest BCUT2D eigenvalue weighted by atomic mass is 15.0. The van der Waals surface area contributed by atoms with Gasteiger partial charge in [-0.25, -0.2) is 4.99 Å². The van der Waals surface area contributed by atoms with Gasteiger partial charge in [0.2, 0.25) is 0 Å². The van der Waals surface area contributed by atoms with Crippen LogP contribution in [0.1, 0.15) is 17.2 Å². The predicted octanol–water partition coefficient (Wildman–Crippen LogP) is 3.40. The molecule has 0 saturated carbocycles. The lowest BCUT2D eigenvalue weighted by Gasteiger charge is -2.18. The van der Waals surface area contributed by atoms with E-state index in [0.717, 1.165) is 11.3 Å². The Labute approximate surface area is 107 Å². The first-order chi connectivity index (χ1) is 8.93. The molecule has 0 amide bonds. The number of hydrogen-bond acceptors (Lipinski definition) is 2. The maximum absolute atomic E-state index is 4.40. The van der Waals surface area contributed by atoms with E-state index < -0.39 is 0 Å². The lowest BCUT2D eigenvalue weighted by atomic mass is 10.0. The van der Waals surface area contributed by atoms with Gasteiger partial charge in [-0.2, -0.15) is 0 Å². The van der Waals surface area contributed by atoms with E-state index >= 15 is 0 Å². The van der Waals surface area contributed by atoms with Gasteiger partial charge in [0.25, 0.3) is 0 Å². The maximum Gasteiger partial charge on any atom is 0.0893 e. The molecule has 0 radical (unpaired) electrons. The first kappa shape index (κ1) is 10.8. The predicted molar refractivity (Wildman–Crippen MR) is 75.2 cm³/mol. The molecule has 2 aromatic rings. The largest absolute Gasteiger partial charge is 0.366 e. The molecule has 0 spiro atoms. The van der Waals surface area contributed by atoms with Crippen molar-refractivity contribution in [1.82, 2.24) is 5.32 Å². The fourth-order valence-electron chi connectivity index (χ4n) is 2.07. The number of benzene rings is 2. The Morgan fingerprint density at radius 1 is 0.833 bits per heavy atom. The second-order valence-corrected chi connectivity index (χ2v) is 4.23. The van der Waals surface area contributed by atoms with Crippen molar-refractivity contribution < 1.29 is 0 Å². The topological polar surface area (TPSA) is 24.4 Å². The standard InChI is InChI=1S/C16H14N2/c1-3-7-13(8-4-1)15-11-16(18-12-17-15)14-9-5-2-6-10-14/h1-12,15H,(H,17,18). The molecule has 1 unspecified atom stereocenters. The van der Waals surface area contributed by atoms with Crippen LogP contribution >= 0.6 is 0 Å². The lowest BCUT2D eigenvalue weighted by molar-refractivity contribution is 0.794. The Balaban J connectivity index is 1.93. The zero-order chi connectivity index (χ0) is 12.2. The van der Waals surface area contributed by atoms with Crippen LogP contribution in [-0.4, -0.2) is 6.34 Å². The van der Waals surface area contributed by atoms with Gasteiger partial charge in [0.1, 0.15) is 0 Å². The Bertz CT molecular complexity index is 571. The highest BCUT2D eigenvalue weighted by Gasteiger charge is 2.12. The summed E-state index contributed by atoms with van der Waals surface area (Å²) in [4.78, 5) is 4.40. The van der Waals surface area contributed by atoms with Crippen molar-refractivity contribution in [2.24, 2.45) is 4.99 Å². The molecule has 1 heterocycles. The average molecular weight is 234 g/mol. The van der Waals surface area contributed by atoms with Gasteiger partial charge in [0, 0.05) is 0 Å². The molecule has 2 heteroatoms. The molecule has 1 atom stereocenters. The summed E-state index contributed by atoms with van der Waals surface area (Å²) < 4.78 is 0. The summed E-state index contributed by atoms with van der Waals surface area (Å²) in [5.74, 6) is 0. The van der Waals surface area contributed by atoms with E-state index in [0.29, 0.717) is 0 Å². The van der Waals surface area contributed by atoms with E-state index in [4.69, 9.17) is 0 Å². The van der Waals surface area contributed by atoms with E-state index in [1.807, 2.05) is 24.3 Å². The van der Waals surface area contributed by atoms with Crippen LogP contribution < -0.4 is 5.32 Å². The van der Waals surface area contributed by atoms with Crippen molar-refractivity contribution in [2.45, 2.75) is 6.04 Å². The summed E-state index contributed by atoms with van der Waals surface area (Å²) in [6.07, 6.45) is 3.94. The van der Waals surface area contributed by atoms with Crippen molar-refractivity contribution in [1.29, 1.82) is 0 Å². The van der Waals surface area contributed by atoms with E-state index in [2.05, 4.69) is 52.8 Å². The van der Waals surface area contributed by atoms with Crippen LogP contribution in [0, 0.1) is 0 Å². The SMILES string of the molecule is C1=NC(c2ccccc2)=CC(c2ccccc2)N1. The summed E-state index contributed by atoms with van der Waals surface area (Å²) in [5, 5.41) is 3.27.